The molecule has 0 spiro atoms. The van der Waals surface area contributed by atoms with Gasteiger partial charge >= 0.3 is 35.5 Å². The summed E-state index contributed by atoms with van der Waals surface area (Å²) in [5.41, 5.74) is -0.612. The molecule has 5 heteroatoms. The van der Waals surface area contributed by atoms with Gasteiger partial charge in [-0.15, -0.1) is 0 Å². The molecule has 4 nitrogen and oxygen atoms in total. The Morgan fingerprint density at radius 1 is 1.40 bits per heavy atom. The molecular weight excluding hydrogens is 207 g/mol. The molecular formula is C10H14NaO4+. The SMILES string of the molecule is COC(=O)C1C(=O)CC(=O)CC1(C)C.[Na+]. The van der Waals surface area contributed by atoms with E-state index in [0.717, 1.165) is 0 Å². The van der Waals surface area contributed by atoms with E-state index < -0.39 is 17.3 Å². The third-order valence-electron chi connectivity index (χ3n) is 2.56. The van der Waals surface area contributed by atoms with Gasteiger partial charge in [0.1, 0.15) is 11.7 Å². The van der Waals surface area contributed by atoms with E-state index in [-0.39, 0.29) is 54.0 Å². The summed E-state index contributed by atoms with van der Waals surface area (Å²) < 4.78 is 4.56. The number of rotatable bonds is 1. The fourth-order valence-electron chi connectivity index (χ4n) is 1.97. The second kappa shape index (κ2) is 5.23. The predicted molar refractivity (Wildman–Crippen MR) is 48.5 cm³/mol. The first-order chi connectivity index (χ1) is 6.38. The summed E-state index contributed by atoms with van der Waals surface area (Å²) in [7, 11) is 1.25. The first kappa shape index (κ1) is 14.8. The maximum Gasteiger partial charge on any atom is 1.00 e. The average Bonchev–Trinajstić information content (AvgIpc) is 1.99. The van der Waals surface area contributed by atoms with Gasteiger partial charge in [-0.2, -0.15) is 0 Å². The van der Waals surface area contributed by atoms with E-state index in [4.69, 9.17) is 0 Å². The number of esters is 1. The number of carbonyl (C=O) groups is 3. The number of carbonyl (C=O) groups excluding carboxylic acids is 3. The Morgan fingerprint density at radius 3 is 2.33 bits per heavy atom. The third-order valence-corrected chi connectivity index (χ3v) is 2.56. The summed E-state index contributed by atoms with van der Waals surface area (Å²) in [6, 6.07) is 0. The van der Waals surface area contributed by atoms with Crippen molar-refractivity contribution in [3.8, 4) is 0 Å². The molecule has 0 aromatic heterocycles. The van der Waals surface area contributed by atoms with Crippen LogP contribution in [0.2, 0.25) is 0 Å². The molecule has 1 fully saturated rings. The van der Waals surface area contributed by atoms with Gasteiger partial charge in [0.05, 0.1) is 13.5 Å². The van der Waals surface area contributed by atoms with Crippen LogP contribution in [0.5, 0.6) is 0 Å². The fourth-order valence-corrected chi connectivity index (χ4v) is 1.97. The molecule has 1 atom stereocenters. The summed E-state index contributed by atoms with van der Waals surface area (Å²) in [4.78, 5) is 34.0. The Bertz CT molecular complexity index is 296. The summed E-state index contributed by atoms with van der Waals surface area (Å²) in [5.74, 6) is -1.74. The van der Waals surface area contributed by atoms with E-state index in [0.29, 0.717) is 0 Å². The topological polar surface area (TPSA) is 60.4 Å². The second-order valence-corrected chi connectivity index (χ2v) is 4.30. The molecule has 0 N–H and O–H groups in total. The van der Waals surface area contributed by atoms with E-state index >= 15 is 0 Å². The molecule has 1 aliphatic rings. The van der Waals surface area contributed by atoms with Gasteiger partial charge in [-0.1, -0.05) is 13.8 Å². The molecule has 1 rings (SSSR count). The number of methoxy groups -OCH3 is 1. The van der Waals surface area contributed by atoms with Gasteiger partial charge in [-0.25, -0.2) is 0 Å². The number of ether oxygens (including phenoxy) is 1. The van der Waals surface area contributed by atoms with Gasteiger partial charge in [0.15, 0.2) is 5.78 Å². The van der Waals surface area contributed by atoms with E-state index in [2.05, 4.69) is 4.74 Å². The van der Waals surface area contributed by atoms with E-state index in [1.54, 1.807) is 13.8 Å². The molecule has 0 amide bonds. The van der Waals surface area contributed by atoms with Crippen molar-refractivity contribution in [3.05, 3.63) is 0 Å². The van der Waals surface area contributed by atoms with Crippen molar-refractivity contribution in [1.82, 2.24) is 0 Å². The zero-order valence-electron chi connectivity index (χ0n) is 9.62. The number of ketones is 2. The maximum absolute atomic E-state index is 11.5. The van der Waals surface area contributed by atoms with Gasteiger partial charge in [0, 0.05) is 6.42 Å². The Labute approximate surface area is 111 Å². The second-order valence-electron chi connectivity index (χ2n) is 4.30. The van der Waals surface area contributed by atoms with Crippen molar-refractivity contribution >= 4 is 17.5 Å². The molecule has 1 saturated carbocycles. The van der Waals surface area contributed by atoms with Crippen molar-refractivity contribution < 1.29 is 48.7 Å². The van der Waals surface area contributed by atoms with Crippen molar-refractivity contribution in [3.63, 3.8) is 0 Å². The van der Waals surface area contributed by atoms with Crippen LogP contribution in [-0.2, 0) is 19.1 Å². The minimum Gasteiger partial charge on any atom is -0.468 e. The minimum atomic E-state index is -0.787. The summed E-state index contributed by atoms with van der Waals surface area (Å²) in [5, 5.41) is 0. The molecule has 0 bridgehead atoms. The van der Waals surface area contributed by atoms with Gasteiger partial charge in [-0.05, 0) is 5.41 Å². The quantitative estimate of drug-likeness (QED) is 0.285. The zero-order valence-corrected chi connectivity index (χ0v) is 11.6. The van der Waals surface area contributed by atoms with Crippen molar-refractivity contribution in [2.75, 3.05) is 7.11 Å². The average molecular weight is 221 g/mol. The Balaban J connectivity index is 0.00000196. The molecule has 1 unspecified atom stereocenters. The molecule has 0 radical (unpaired) electrons. The molecule has 0 aromatic rings. The maximum atomic E-state index is 11.5. The van der Waals surface area contributed by atoms with Crippen LogP contribution in [0.25, 0.3) is 0 Å². The number of hydrogen-bond donors (Lipinski definition) is 0. The largest absolute Gasteiger partial charge is 1.00 e. The van der Waals surface area contributed by atoms with Crippen LogP contribution in [0.15, 0.2) is 0 Å². The van der Waals surface area contributed by atoms with Gasteiger partial charge in [-0.3, -0.25) is 14.4 Å². The normalized spacial score (nSPS) is 24.3. The summed E-state index contributed by atoms with van der Waals surface area (Å²) in [6.45, 7) is 3.48. The summed E-state index contributed by atoms with van der Waals surface area (Å²) in [6.07, 6.45) is 0.127. The van der Waals surface area contributed by atoms with E-state index in [1.165, 1.54) is 7.11 Å². The molecule has 0 aliphatic heterocycles. The molecule has 15 heavy (non-hydrogen) atoms. The predicted octanol–water partition coefficient (Wildman–Crippen LogP) is -2.26. The Hall–Kier alpha value is -0.190. The minimum absolute atomic E-state index is 0. The Kier molecular flexibility index (Phi) is 5.17. The smallest absolute Gasteiger partial charge is 0.468 e. The van der Waals surface area contributed by atoms with Crippen LogP contribution in [0.3, 0.4) is 0 Å². The van der Waals surface area contributed by atoms with Gasteiger partial charge in [0.2, 0.25) is 0 Å². The van der Waals surface area contributed by atoms with Crippen LogP contribution >= 0.6 is 0 Å². The number of Topliss-reactive ketones (excluding diaryl/α,β-unsaturated/α-hetero) is 2. The fraction of sp³-hybridized carbons (Fsp3) is 0.700. The Morgan fingerprint density at radius 2 is 1.93 bits per heavy atom. The first-order valence-electron chi connectivity index (χ1n) is 4.50. The van der Waals surface area contributed by atoms with Gasteiger partial charge < -0.3 is 4.74 Å². The van der Waals surface area contributed by atoms with Crippen LogP contribution in [0, 0.1) is 11.3 Å². The molecule has 0 heterocycles. The molecule has 1 aliphatic carbocycles. The third kappa shape index (κ3) is 3.13. The zero-order chi connectivity index (χ0) is 10.9. The van der Waals surface area contributed by atoms with Crippen LogP contribution in [-0.4, -0.2) is 24.6 Å². The standard InChI is InChI=1S/C10H14O4.Na/c1-10(2)5-6(11)4-7(12)8(10)9(13)14-3;/h8H,4-5H2,1-3H3;/q;+1. The van der Waals surface area contributed by atoms with Crippen LogP contribution in [0.4, 0.5) is 0 Å². The summed E-state index contributed by atoms with van der Waals surface area (Å²) >= 11 is 0. The monoisotopic (exact) mass is 221 g/mol. The van der Waals surface area contributed by atoms with Gasteiger partial charge in [0.25, 0.3) is 0 Å². The number of hydrogen-bond acceptors (Lipinski definition) is 4. The first-order valence-corrected chi connectivity index (χ1v) is 4.50. The van der Waals surface area contributed by atoms with Crippen molar-refractivity contribution in [1.29, 1.82) is 0 Å². The van der Waals surface area contributed by atoms with E-state index in [1.807, 2.05) is 0 Å². The van der Waals surface area contributed by atoms with Crippen LogP contribution < -0.4 is 29.6 Å². The van der Waals surface area contributed by atoms with Crippen LogP contribution in [0.1, 0.15) is 26.7 Å². The molecule has 78 valence electrons. The van der Waals surface area contributed by atoms with E-state index in [9.17, 15) is 14.4 Å². The van der Waals surface area contributed by atoms with Crippen molar-refractivity contribution in [2.24, 2.45) is 11.3 Å². The molecule has 0 aromatic carbocycles. The molecule has 0 saturated heterocycles. The van der Waals surface area contributed by atoms with Crippen molar-refractivity contribution in [2.45, 2.75) is 26.7 Å².